The standard InChI is InChI=1S/C20H26N4O/c1-15(17-8-6-5-7-9-17)23-20(21-2)22-14-16-10-12-18(13-11-16)19(25)24(3)4/h5-13,15H,14H2,1-4H3,(H2,21,22,23)/t15-/m1/s1. The van der Waals surface area contributed by atoms with Crippen LogP contribution in [0.2, 0.25) is 0 Å². The van der Waals surface area contributed by atoms with Crippen molar-refractivity contribution >= 4 is 11.9 Å². The van der Waals surface area contributed by atoms with E-state index in [1.807, 2.05) is 42.5 Å². The van der Waals surface area contributed by atoms with Gasteiger partial charge in [0.1, 0.15) is 0 Å². The third-order valence-corrected chi connectivity index (χ3v) is 3.94. The van der Waals surface area contributed by atoms with Crippen LogP contribution in [0.25, 0.3) is 0 Å². The smallest absolute Gasteiger partial charge is 0.253 e. The van der Waals surface area contributed by atoms with Crippen molar-refractivity contribution in [3.05, 3.63) is 71.3 Å². The molecule has 0 spiro atoms. The molecule has 0 unspecified atom stereocenters. The average molecular weight is 338 g/mol. The highest BCUT2D eigenvalue weighted by atomic mass is 16.2. The fourth-order valence-electron chi connectivity index (χ4n) is 2.43. The molecular weight excluding hydrogens is 312 g/mol. The molecule has 0 heterocycles. The molecule has 0 saturated carbocycles. The van der Waals surface area contributed by atoms with Gasteiger partial charge in [-0.1, -0.05) is 42.5 Å². The van der Waals surface area contributed by atoms with E-state index < -0.39 is 0 Å². The summed E-state index contributed by atoms with van der Waals surface area (Å²) in [5, 5.41) is 6.68. The SMILES string of the molecule is CN=C(NCc1ccc(C(=O)N(C)C)cc1)N[C@H](C)c1ccccc1. The molecular formula is C20H26N4O. The van der Waals surface area contributed by atoms with Crippen molar-refractivity contribution in [3.63, 3.8) is 0 Å². The fraction of sp³-hybridized carbons (Fsp3) is 0.300. The van der Waals surface area contributed by atoms with E-state index in [2.05, 4.69) is 34.7 Å². The maximum atomic E-state index is 11.9. The van der Waals surface area contributed by atoms with Gasteiger partial charge in [-0.3, -0.25) is 9.79 Å². The van der Waals surface area contributed by atoms with Gasteiger partial charge in [-0.15, -0.1) is 0 Å². The highest BCUT2D eigenvalue weighted by Crippen LogP contribution is 2.11. The van der Waals surface area contributed by atoms with Crippen LogP contribution in [0, 0.1) is 0 Å². The zero-order valence-electron chi connectivity index (χ0n) is 15.3. The lowest BCUT2D eigenvalue weighted by Crippen LogP contribution is -2.38. The number of aliphatic imine (C=N–C) groups is 1. The van der Waals surface area contributed by atoms with Crippen molar-refractivity contribution in [3.8, 4) is 0 Å². The maximum Gasteiger partial charge on any atom is 0.253 e. The van der Waals surface area contributed by atoms with Crippen LogP contribution in [0.4, 0.5) is 0 Å². The minimum Gasteiger partial charge on any atom is -0.352 e. The summed E-state index contributed by atoms with van der Waals surface area (Å²) >= 11 is 0. The van der Waals surface area contributed by atoms with E-state index in [1.54, 1.807) is 26.0 Å². The first kappa shape index (κ1) is 18.5. The Labute approximate surface area is 149 Å². The molecule has 1 amide bonds. The number of amides is 1. The summed E-state index contributed by atoms with van der Waals surface area (Å²) in [6, 6.07) is 18.0. The fourth-order valence-corrected chi connectivity index (χ4v) is 2.43. The van der Waals surface area contributed by atoms with Gasteiger partial charge in [-0.25, -0.2) is 0 Å². The monoisotopic (exact) mass is 338 g/mol. The largest absolute Gasteiger partial charge is 0.352 e. The second-order valence-electron chi connectivity index (χ2n) is 6.10. The zero-order valence-corrected chi connectivity index (χ0v) is 15.3. The Hall–Kier alpha value is -2.82. The molecule has 5 nitrogen and oxygen atoms in total. The second-order valence-corrected chi connectivity index (χ2v) is 6.10. The molecule has 25 heavy (non-hydrogen) atoms. The first-order valence-electron chi connectivity index (χ1n) is 8.34. The molecule has 5 heteroatoms. The Morgan fingerprint density at radius 1 is 1.08 bits per heavy atom. The number of carbonyl (C=O) groups excluding carboxylic acids is 1. The van der Waals surface area contributed by atoms with Crippen LogP contribution in [0.15, 0.2) is 59.6 Å². The number of carbonyl (C=O) groups is 1. The molecule has 132 valence electrons. The number of hydrogen-bond donors (Lipinski definition) is 2. The van der Waals surface area contributed by atoms with Crippen LogP contribution >= 0.6 is 0 Å². The van der Waals surface area contributed by atoms with E-state index in [1.165, 1.54) is 5.56 Å². The molecule has 0 radical (unpaired) electrons. The third kappa shape index (κ3) is 5.35. The molecule has 2 rings (SSSR count). The molecule has 0 saturated heterocycles. The van der Waals surface area contributed by atoms with Gasteiger partial charge in [0.05, 0.1) is 6.04 Å². The predicted molar refractivity (Wildman–Crippen MR) is 103 cm³/mol. The average Bonchev–Trinajstić information content (AvgIpc) is 2.65. The summed E-state index contributed by atoms with van der Waals surface area (Å²) in [7, 11) is 5.26. The van der Waals surface area contributed by atoms with Crippen LogP contribution in [0.5, 0.6) is 0 Å². The first-order chi connectivity index (χ1) is 12.0. The Bertz CT molecular complexity index is 708. The van der Waals surface area contributed by atoms with Gasteiger partial charge in [-0.05, 0) is 30.2 Å². The van der Waals surface area contributed by atoms with Crippen LogP contribution < -0.4 is 10.6 Å². The summed E-state index contributed by atoms with van der Waals surface area (Å²) in [5.41, 5.74) is 2.98. The van der Waals surface area contributed by atoms with Gasteiger partial charge in [0, 0.05) is 33.3 Å². The predicted octanol–water partition coefficient (Wildman–Crippen LogP) is 2.81. The number of rotatable bonds is 5. The number of nitrogens with zero attached hydrogens (tertiary/aromatic N) is 2. The highest BCUT2D eigenvalue weighted by Gasteiger charge is 2.09. The number of benzene rings is 2. The number of nitrogens with one attached hydrogen (secondary N) is 2. The van der Waals surface area contributed by atoms with Crippen LogP contribution in [0.1, 0.15) is 34.5 Å². The quantitative estimate of drug-likeness (QED) is 0.651. The lowest BCUT2D eigenvalue weighted by atomic mass is 10.1. The van der Waals surface area contributed by atoms with Gasteiger partial charge < -0.3 is 15.5 Å². The molecule has 0 bridgehead atoms. The zero-order chi connectivity index (χ0) is 18.2. The van der Waals surface area contributed by atoms with Crippen LogP contribution in [-0.4, -0.2) is 37.9 Å². The van der Waals surface area contributed by atoms with Crippen molar-refractivity contribution in [2.75, 3.05) is 21.1 Å². The van der Waals surface area contributed by atoms with Crippen molar-refractivity contribution in [2.45, 2.75) is 19.5 Å². The Morgan fingerprint density at radius 2 is 1.72 bits per heavy atom. The Balaban J connectivity index is 1.91. The van der Waals surface area contributed by atoms with Crippen LogP contribution in [-0.2, 0) is 6.54 Å². The van der Waals surface area contributed by atoms with E-state index >= 15 is 0 Å². The van der Waals surface area contributed by atoms with Crippen molar-refractivity contribution in [2.24, 2.45) is 4.99 Å². The summed E-state index contributed by atoms with van der Waals surface area (Å²) in [6.45, 7) is 2.74. The molecule has 2 aromatic rings. The van der Waals surface area contributed by atoms with Crippen LogP contribution in [0.3, 0.4) is 0 Å². The Kier molecular flexibility index (Phi) is 6.57. The minimum atomic E-state index is 0.00803. The van der Waals surface area contributed by atoms with Crippen molar-refractivity contribution in [1.82, 2.24) is 15.5 Å². The summed E-state index contributed by atoms with van der Waals surface area (Å²) in [6.07, 6.45) is 0. The maximum absolute atomic E-state index is 11.9. The molecule has 2 aromatic carbocycles. The molecule has 0 aliphatic heterocycles. The second kappa shape index (κ2) is 8.87. The molecule has 0 aliphatic carbocycles. The van der Waals surface area contributed by atoms with Gasteiger partial charge >= 0.3 is 0 Å². The normalized spacial score (nSPS) is 12.4. The van der Waals surface area contributed by atoms with Gasteiger partial charge in [0.2, 0.25) is 0 Å². The Morgan fingerprint density at radius 3 is 2.28 bits per heavy atom. The van der Waals surface area contributed by atoms with E-state index in [9.17, 15) is 4.79 Å². The minimum absolute atomic E-state index is 0.00803. The topological polar surface area (TPSA) is 56.7 Å². The van der Waals surface area contributed by atoms with E-state index in [-0.39, 0.29) is 11.9 Å². The van der Waals surface area contributed by atoms with Gasteiger partial charge in [0.15, 0.2) is 5.96 Å². The molecule has 0 aromatic heterocycles. The molecule has 0 fully saturated rings. The summed E-state index contributed by atoms with van der Waals surface area (Å²) in [4.78, 5) is 17.7. The van der Waals surface area contributed by atoms with E-state index in [0.717, 1.165) is 11.5 Å². The third-order valence-electron chi connectivity index (χ3n) is 3.94. The summed E-state index contributed by atoms with van der Waals surface area (Å²) in [5.74, 6) is 0.749. The highest BCUT2D eigenvalue weighted by molar-refractivity contribution is 5.93. The number of hydrogen-bond acceptors (Lipinski definition) is 2. The molecule has 0 aliphatic rings. The van der Waals surface area contributed by atoms with Crippen molar-refractivity contribution in [1.29, 1.82) is 0 Å². The van der Waals surface area contributed by atoms with E-state index in [4.69, 9.17) is 0 Å². The van der Waals surface area contributed by atoms with Crippen molar-refractivity contribution < 1.29 is 4.79 Å². The number of guanidine groups is 1. The van der Waals surface area contributed by atoms with E-state index in [0.29, 0.717) is 12.1 Å². The molecule has 2 N–H and O–H groups in total. The van der Waals surface area contributed by atoms with Gasteiger partial charge in [0.25, 0.3) is 5.91 Å². The lowest BCUT2D eigenvalue weighted by Gasteiger charge is -2.18. The molecule has 1 atom stereocenters. The lowest BCUT2D eigenvalue weighted by molar-refractivity contribution is 0.0827. The summed E-state index contributed by atoms with van der Waals surface area (Å²) < 4.78 is 0. The first-order valence-corrected chi connectivity index (χ1v) is 8.34. The van der Waals surface area contributed by atoms with Gasteiger partial charge in [-0.2, -0.15) is 0 Å².